The van der Waals surface area contributed by atoms with Crippen molar-refractivity contribution in [1.29, 1.82) is 0 Å². The van der Waals surface area contributed by atoms with E-state index in [0.29, 0.717) is 43.0 Å². The minimum atomic E-state index is -0.376. The van der Waals surface area contributed by atoms with Gasteiger partial charge in [-0.15, -0.1) is 0 Å². The van der Waals surface area contributed by atoms with E-state index in [1.54, 1.807) is 29.2 Å². The Morgan fingerprint density at radius 2 is 1.11 bits per heavy atom. The van der Waals surface area contributed by atoms with E-state index in [9.17, 15) is 14.4 Å². The first kappa shape index (κ1) is 41.6. The number of ether oxygens (including phenoxy) is 4. The van der Waals surface area contributed by atoms with Gasteiger partial charge in [0.1, 0.15) is 0 Å². The zero-order chi connectivity index (χ0) is 38.9. The standard InChI is InChI=1S/C22H26N2O4.C15H15NO2.C7H14O/c1-16-13-23(14-17(2)28-16)22(26)24(20-7-5-4-6-8-20)15-18-9-11-19(12-10-18)21(25)27-3;1-18-15(17)13-9-7-12(8-10-13)11-16-14-5-3-2-4-6-14;1-6-4-3-5-7(2)8-6/h4-12,16-17H,13-15H2,1-3H3;2-10,16H,11H2,1H3;6-7H,3-5H2,1-2H3/t16-,17+;;. The normalized spacial score (nSPS) is 19.1. The fraction of sp³-hybridized carbons (Fsp3) is 0.386. The molecule has 0 spiro atoms. The number of anilines is 2. The lowest BCUT2D eigenvalue weighted by Crippen LogP contribution is -2.52. The summed E-state index contributed by atoms with van der Waals surface area (Å²) in [6, 6.07) is 34.1. The SMILES string of the molecule is CC1CCCC(C)O1.COC(=O)c1ccc(CN(C(=O)N2C[C@@H](C)O[C@@H](C)C2)c2ccccc2)cc1.COC(=O)c1ccc(CNc2ccccc2)cc1. The van der Waals surface area contributed by atoms with Gasteiger partial charge in [0.05, 0.1) is 56.3 Å². The first-order chi connectivity index (χ1) is 26.1. The van der Waals surface area contributed by atoms with Crippen LogP contribution in [0.1, 0.15) is 78.8 Å². The largest absolute Gasteiger partial charge is 0.465 e. The maximum Gasteiger partial charge on any atom is 0.337 e. The Hall–Kier alpha value is -5.19. The van der Waals surface area contributed by atoms with Gasteiger partial charge in [0, 0.05) is 31.0 Å². The molecule has 10 heteroatoms. The highest BCUT2D eigenvalue weighted by molar-refractivity contribution is 5.92. The molecule has 4 atom stereocenters. The average Bonchev–Trinajstić information content (AvgIpc) is 3.19. The number of morpholine rings is 1. The molecule has 2 aliphatic rings. The van der Waals surface area contributed by atoms with Crippen LogP contribution in [0.2, 0.25) is 0 Å². The summed E-state index contributed by atoms with van der Waals surface area (Å²) in [5.74, 6) is -0.684. The summed E-state index contributed by atoms with van der Waals surface area (Å²) >= 11 is 0. The summed E-state index contributed by atoms with van der Waals surface area (Å²) in [5.41, 5.74) is 5.01. The van der Waals surface area contributed by atoms with Crippen LogP contribution in [-0.2, 0) is 32.0 Å². The molecule has 2 unspecified atom stereocenters. The predicted octanol–water partition coefficient (Wildman–Crippen LogP) is 8.76. The van der Waals surface area contributed by atoms with Crippen LogP contribution < -0.4 is 10.2 Å². The van der Waals surface area contributed by atoms with E-state index in [1.807, 2.05) is 104 Å². The van der Waals surface area contributed by atoms with Crippen molar-refractivity contribution in [2.75, 3.05) is 37.5 Å². The van der Waals surface area contributed by atoms with Crippen LogP contribution in [0, 0.1) is 0 Å². The molecule has 2 fully saturated rings. The van der Waals surface area contributed by atoms with E-state index in [-0.39, 0.29) is 30.2 Å². The van der Waals surface area contributed by atoms with Gasteiger partial charge < -0.3 is 29.2 Å². The summed E-state index contributed by atoms with van der Waals surface area (Å²) in [7, 11) is 2.74. The van der Waals surface area contributed by atoms with E-state index in [0.717, 1.165) is 29.0 Å². The molecule has 2 heterocycles. The molecule has 4 aromatic rings. The van der Waals surface area contributed by atoms with Crippen molar-refractivity contribution in [2.24, 2.45) is 0 Å². The van der Waals surface area contributed by atoms with Crippen LogP contribution in [0.3, 0.4) is 0 Å². The van der Waals surface area contributed by atoms with Gasteiger partial charge in [-0.05, 0) is 107 Å². The van der Waals surface area contributed by atoms with E-state index in [2.05, 4.69) is 23.9 Å². The molecule has 0 bridgehead atoms. The van der Waals surface area contributed by atoms with Gasteiger partial charge in [0.25, 0.3) is 0 Å². The van der Waals surface area contributed by atoms with Crippen LogP contribution in [0.4, 0.5) is 16.2 Å². The molecule has 0 aliphatic carbocycles. The van der Waals surface area contributed by atoms with Crippen LogP contribution >= 0.6 is 0 Å². The number of hydrogen-bond acceptors (Lipinski definition) is 8. The Balaban J connectivity index is 0.000000212. The summed E-state index contributed by atoms with van der Waals surface area (Å²) in [4.78, 5) is 39.8. The molecule has 1 N–H and O–H groups in total. The predicted molar refractivity (Wildman–Crippen MR) is 213 cm³/mol. The Morgan fingerprint density at radius 1 is 0.648 bits per heavy atom. The molecule has 54 heavy (non-hydrogen) atoms. The van der Waals surface area contributed by atoms with Crippen molar-refractivity contribution < 1.29 is 33.3 Å². The molecule has 4 aromatic carbocycles. The average molecular weight is 738 g/mol. The topological polar surface area (TPSA) is 107 Å². The first-order valence-corrected chi connectivity index (χ1v) is 18.6. The first-order valence-electron chi connectivity index (χ1n) is 18.6. The highest BCUT2D eigenvalue weighted by Gasteiger charge is 2.30. The van der Waals surface area contributed by atoms with Crippen molar-refractivity contribution in [1.82, 2.24) is 4.90 Å². The zero-order valence-corrected chi connectivity index (χ0v) is 32.4. The molecule has 0 aromatic heterocycles. The Bertz CT molecular complexity index is 1700. The Morgan fingerprint density at radius 3 is 1.57 bits per heavy atom. The van der Waals surface area contributed by atoms with Gasteiger partial charge in [-0.25, -0.2) is 14.4 Å². The number of para-hydroxylation sites is 2. The second-order valence-corrected chi connectivity index (χ2v) is 13.7. The maximum atomic E-state index is 13.3. The van der Waals surface area contributed by atoms with Crippen molar-refractivity contribution in [2.45, 2.75) is 84.5 Å². The van der Waals surface area contributed by atoms with Crippen LogP contribution in [0.15, 0.2) is 109 Å². The minimum absolute atomic E-state index is 0.00432. The third kappa shape index (κ3) is 13.3. The number of rotatable bonds is 8. The summed E-state index contributed by atoms with van der Waals surface area (Å²) in [5, 5.41) is 3.31. The fourth-order valence-electron chi connectivity index (χ4n) is 6.29. The summed E-state index contributed by atoms with van der Waals surface area (Å²) in [6.07, 6.45) is 4.89. The fourth-order valence-corrected chi connectivity index (χ4v) is 6.29. The van der Waals surface area contributed by atoms with Crippen molar-refractivity contribution >= 4 is 29.3 Å². The number of hydrogen-bond donors (Lipinski definition) is 1. The summed E-state index contributed by atoms with van der Waals surface area (Å²) < 4.78 is 20.6. The summed E-state index contributed by atoms with van der Waals surface area (Å²) in [6.45, 7) is 10.5. The number of methoxy groups -OCH3 is 2. The number of carbonyl (C=O) groups excluding carboxylic acids is 3. The van der Waals surface area contributed by atoms with Gasteiger partial charge in [-0.2, -0.15) is 0 Å². The van der Waals surface area contributed by atoms with Crippen molar-refractivity contribution in [3.05, 3.63) is 131 Å². The smallest absolute Gasteiger partial charge is 0.337 e. The third-order valence-electron chi connectivity index (χ3n) is 9.04. The maximum absolute atomic E-state index is 13.3. The number of carbonyl (C=O) groups is 3. The van der Waals surface area contributed by atoms with Gasteiger partial charge in [0.2, 0.25) is 0 Å². The molecule has 2 aliphatic heterocycles. The van der Waals surface area contributed by atoms with Crippen molar-refractivity contribution in [3.63, 3.8) is 0 Å². The molecule has 2 saturated heterocycles. The number of nitrogens with zero attached hydrogens (tertiary/aromatic N) is 2. The quantitative estimate of drug-likeness (QED) is 0.179. The van der Waals surface area contributed by atoms with Gasteiger partial charge in [0.15, 0.2) is 0 Å². The zero-order valence-electron chi connectivity index (χ0n) is 32.4. The highest BCUT2D eigenvalue weighted by Crippen LogP contribution is 2.22. The molecular weight excluding hydrogens is 682 g/mol. The lowest BCUT2D eigenvalue weighted by Gasteiger charge is -2.38. The van der Waals surface area contributed by atoms with Crippen LogP contribution in [0.25, 0.3) is 0 Å². The number of amides is 2. The van der Waals surface area contributed by atoms with Gasteiger partial charge in [-0.3, -0.25) is 4.90 Å². The van der Waals surface area contributed by atoms with E-state index in [4.69, 9.17) is 14.2 Å². The van der Waals surface area contributed by atoms with Gasteiger partial charge in [-0.1, -0.05) is 60.7 Å². The molecular formula is C44H55N3O7. The number of esters is 2. The monoisotopic (exact) mass is 737 g/mol. The third-order valence-corrected chi connectivity index (χ3v) is 9.04. The molecule has 288 valence electrons. The van der Waals surface area contributed by atoms with Crippen LogP contribution in [0.5, 0.6) is 0 Å². The second-order valence-electron chi connectivity index (χ2n) is 13.7. The Kier molecular flexibility index (Phi) is 16.5. The van der Waals surface area contributed by atoms with Crippen LogP contribution in [-0.4, -0.2) is 74.6 Å². The highest BCUT2D eigenvalue weighted by atomic mass is 16.5. The number of urea groups is 1. The molecule has 2 amide bonds. The van der Waals surface area contributed by atoms with E-state index < -0.39 is 0 Å². The van der Waals surface area contributed by atoms with E-state index in [1.165, 1.54) is 33.5 Å². The van der Waals surface area contributed by atoms with E-state index >= 15 is 0 Å². The second kappa shape index (κ2) is 21.5. The van der Waals surface area contributed by atoms with Gasteiger partial charge >= 0.3 is 18.0 Å². The lowest BCUT2D eigenvalue weighted by atomic mass is 10.1. The minimum Gasteiger partial charge on any atom is -0.465 e. The lowest BCUT2D eigenvalue weighted by molar-refractivity contribution is -0.0537. The number of nitrogens with one attached hydrogen (secondary N) is 1. The molecule has 6 rings (SSSR count). The Labute approximate surface area is 320 Å². The molecule has 0 radical (unpaired) electrons. The van der Waals surface area contributed by atoms with Crippen molar-refractivity contribution in [3.8, 4) is 0 Å². The number of benzene rings is 4. The molecule has 10 nitrogen and oxygen atoms in total. The molecule has 0 saturated carbocycles.